The van der Waals surface area contributed by atoms with E-state index in [9.17, 15) is 0 Å². The number of hydrogen-bond donors (Lipinski definition) is 1. The van der Waals surface area contributed by atoms with E-state index in [0.29, 0.717) is 12.0 Å². The molecule has 2 fully saturated rings. The van der Waals surface area contributed by atoms with Crippen LogP contribution in [-0.2, 0) is 4.74 Å². The van der Waals surface area contributed by atoms with E-state index in [1.807, 2.05) is 7.05 Å². The average Bonchev–Trinajstić information content (AvgIpc) is 3.09. The van der Waals surface area contributed by atoms with Gasteiger partial charge in [0, 0.05) is 25.0 Å². The predicted octanol–water partition coefficient (Wildman–Crippen LogP) is 1.71. The quantitative estimate of drug-likeness (QED) is 0.892. The van der Waals surface area contributed by atoms with Crippen molar-refractivity contribution < 1.29 is 4.74 Å². The van der Waals surface area contributed by atoms with Gasteiger partial charge in [-0.2, -0.15) is 0 Å². The third-order valence-corrected chi connectivity index (χ3v) is 4.61. The fourth-order valence-electron chi connectivity index (χ4n) is 3.43. The average molecular weight is 260 g/mol. The molecule has 0 amide bonds. The second kappa shape index (κ2) is 6.04. The molecule has 2 aliphatic heterocycles. The van der Waals surface area contributed by atoms with Crippen molar-refractivity contribution in [2.75, 3.05) is 39.9 Å². The normalized spacial score (nSPS) is 31.9. The van der Waals surface area contributed by atoms with E-state index in [1.165, 1.54) is 31.6 Å². The summed E-state index contributed by atoms with van der Waals surface area (Å²) in [6, 6.07) is 11.5. The number of likely N-dealkylation sites (tertiary alicyclic amines) is 1. The van der Waals surface area contributed by atoms with E-state index in [2.05, 4.69) is 40.5 Å². The zero-order valence-electron chi connectivity index (χ0n) is 11.7. The summed E-state index contributed by atoms with van der Waals surface area (Å²) in [5, 5.41) is 3.38. The molecule has 0 aliphatic carbocycles. The van der Waals surface area contributed by atoms with Gasteiger partial charge in [0.25, 0.3) is 0 Å². The molecule has 0 radical (unpaired) electrons. The Bertz CT molecular complexity index is 395. The molecule has 3 unspecified atom stereocenters. The topological polar surface area (TPSA) is 24.5 Å². The lowest BCUT2D eigenvalue weighted by molar-refractivity contribution is 0.173. The van der Waals surface area contributed by atoms with Crippen LogP contribution in [0.1, 0.15) is 17.9 Å². The van der Waals surface area contributed by atoms with Crippen LogP contribution < -0.4 is 5.32 Å². The number of hydrogen-bond acceptors (Lipinski definition) is 3. The molecule has 0 spiro atoms. The van der Waals surface area contributed by atoms with Crippen molar-refractivity contribution in [1.82, 2.24) is 10.2 Å². The largest absolute Gasteiger partial charge is 0.379 e. The summed E-state index contributed by atoms with van der Waals surface area (Å²) in [4.78, 5) is 2.61. The lowest BCUT2D eigenvalue weighted by atomic mass is 9.98. The first-order valence-corrected chi connectivity index (χ1v) is 7.39. The Hall–Kier alpha value is -0.900. The number of ether oxygens (including phenoxy) is 1. The molecule has 19 heavy (non-hydrogen) atoms. The fraction of sp³-hybridized carbons (Fsp3) is 0.625. The molecule has 2 saturated heterocycles. The summed E-state index contributed by atoms with van der Waals surface area (Å²) in [5.74, 6) is 1.37. The first kappa shape index (κ1) is 13.1. The summed E-state index contributed by atoms with van der Waals surface area (Å²) in [7, 11) is 2.04. The zero-order valence-corrected chi connectivity index (χ0v) is 11.7. The van der Waals surface area contributed by atoms with E-state index in [-0.39, 0.29) is 0 Å². The van der Waals surface area contributed by atoms with E-state index >= 15 is 0 Å². The van der Waals surface area contributed by atoms with Crippen LogP contribution in [0.5, 0.6) is 0 Å². The van der Waals surface area contributed by atoms with Crippen molar-refractivity contribution in [3.05, 3.63) is 35.9 Å². The van der Waals surface area contributed by atoms with E-state index in [0.717, 1.165) is 19.1 Å². The van der Waals surface area contributed by atoms with Crippen molar-refractivity contribution in [3.8, 4) is 0 Å². The second-order valence-electron chi connectivity index (χ2n) is 5.85. The molecule has 3 atom stereocenters. The Morgan fingerprint density at radius 1 is 1.26 bits per heavy atom. The summed E-state index contributed by atoms with van der Waals surface area (Å²) < 4.78 is 5.59. The van der Waals surface area contributed by atoms with Crippen molar-refractivity contribution >= 4 is 0 Å². The van der Waals surface area contributed by atoms with Gasteiger partial charge in [-0.1, -0.05) is 30.3 Å². The van der Waals surface area contributed by atoms with Crippen molar-refractivity contribution in [3.63, 3.8) is 0 Å². The highest BCUT2D eigenvalue weighted by molar-refractivity contribution is 5.21. The minimum absolute atomic E-state index is 0.538. The van der Waals surface area contributed by atoms with Gasteiger partial charge in [0.15, 0.2) is 0 Å². The maximum Gasteiger partial charge on any atom is 0.0623 e. The first-order chi connectivity index (χ1) is 9.36. The summed E-state index contributed by atoms with van der Waals surface area (Å²) >= 11 is 0. The van der Waals surface area contributed by atoms with Crippen LogP contribution in [0.3, 0.4) is 0 Å². The van der Waals surface area contributed by atoms with Crippen LogP contribution in [0.25, 0.3) is 0 Å². The molecule has 104 valence electrons. The molecule has 2 heterocycles. The Morgan fingerprint density at radius 3 is 2.89 bits per heavy atom. The lowest BCUT2D eigenvalue weighted by Gasteiger charge is -2.23. The fourth-order valence-corrected chi connectivity index (χ4v) is 3.43. The molecule has 3 heteroatoms. The van der Waals surface area contributed by atoms with Crippen molar-refractivity contribution in [1.29, 1.82) is 0 Å². The van der Waals surface area contributed by atoms with E-state index in [4.69, 9.17) is 4.74 Å². The van der Waals surface area contributed by atoms with Crippen LogP contribution >= 0.6 is 0 Å². The first-order valence-electron chi connectivity index (χ1n) is 7.39. The number of likely N-dealkylation sites (N-methyl/N-ethyl adjacent to an activating group) is 1. The predicted molar refractivity (Wildman–Crippen MR) is 77.4 cm³/mol. The Labute approximate surface area is 115 Å². The molecule has 1 aromatic rings. The molecule has 1 aromatic carbocycles. The molecule has 0 saturated carbocycles. The van der Waals surface area contributed by atoms with Gasteiger partial charge in [0.2, 0.25) is 0 Å². The van der Waals surface area contributed by atoms with Gasteiger partial charge >= 0.3 is 0 Å². The smallest absolute Gasteiger partial charge is 0.0623 e. The van der Waals surface area contributed by atoms with Crippen LogP contribution in [0.15, 0.2) is 30.3 Å². The van der Waals surface area contributed by atoms with Gasteiger partial charge in [-0.25, -0.2) is 0 Å². The number of nitrogens with zero attached hydrogens (tertiary/aromatic N) is 1. The van der Waals surface area contributed by atoms with Gasteiger partial charge in [-0.05, 0) is 31.5 Å². The van der Waals surface area contributed by atoms with Gasteiger partial charge in [0.05, 0.1) is 13.2 Å². The van der Waals surface area contributed by atoms with Crippen molar-refractivity contribution in [2.24, 2.45) is 5.92 Å². The standard InChI is InChI=1S/C16H24N2O/c1-17-16-12-19-11-15(16)10-18-8-7-14(9-18)13-5-3-2-4-6-13/h2-6,14-17H,7-12H2,1H3. The Kier molecular flexibility index (Phi) is 4.16. The second-order valence-corrected chi connectivity index (χ2v) is 5.85. The van der Waals surface area contributed by atoms with Crippen LogP contribution in [0, 0.1) is 5.92 Å². The van der Waals surface area contributed by atoms with Gasteiger partial charge < -0.3 is 15.0 Å². The molecular weight excluding hydrogens is 236 g/mol. The molecule has 0 bridgehead atoms. The highest BCUT2D eigenvalue weighted by atomic mass is 16.5. The zero-order chi connectivity index (χ0) is 13.1. The number of rotatable bonds is 4. The molecule has 2 aliphatic rings. The Balaban J connectivity index is 1.55. The highest BCUT2D eigenvalue weighted by Gasteiger charge is 2.31. The van der Waals surface area contributed by atoms with Crippen LogP contribution in [0.2, 0.25) is 0 Å². The minimum atomic E-state index is 0.538. The molecule has 1 N–H and O–H groups in total. The van der Waals surface area contributed by atoms with Gasteiger partial charge in [-0.15, -0.1) is 0 Å². The SMILES string of the molecule is CNC1COCC1CN1CCC(c2ccccc2)C1. The van der Waals surface area contributed by atoms with Crippen LogP contribution in [-0.4, -0.2) is 50.8 Å². The minimum Gasteiger partial charge on any atom is -0.379 e. The van der Waals surface area contributed by atoms with Gasteiger partial charge in [-0.3, -0.25) is 0 Å². The molecule has 3 nitrogen and oxygen atoms in total. The van der Waals surface area contributed by atoms with Crippen LogP contribution in [0.4, 0.5) is 0 Å². The van der Waals surface area contributed by atoms with E-state index in [1.54, 1.807) is 0 Å². The third kappa shape index (κ3) is 2.99. The van der Waals surface area contributed by atoms with Gasteiger partial charge in [0.1, 0.15) is 0 Å². The highest BCUT2D eigenvalue weighted by Crippen LogP contribution is 2.28. The van der Waals surface area contributed by atoms with E-state index < -0.39 is 0 Å². The summed E-state index contributed by atoms with van der Waals surface area (Å²) in [5.41, 5.74) is 1.50. The lowest BCUT2D eigenvalue weighted by Crippen LogP contribution is -2.39. The molecular formula is C16H24N2O. The monoisotopic (exact) mass is 260 g/mol. The third-order valence-electron chi connectivity index (χ3n) is 4.61. The van der Waals surface area contributed by atoms with Crippen molar-refractivity contribution in [2.45, 2.75) is 18.4 Å². The maximum atomic E-state index is 5.59. The number of benzene rings is 1. The Morgan fingerprint density at radius 2 is 2.11 bits per heavy atom. The summed E-state index contributed by atoms with van der Waals surface area (Å²) in [6.45, 7) is 5.40. The molecule has 0 aromatic heterocycles. The number of nitrogens with one attached hydrogen (secondary N) is 1. The summed E-state index contributed by atoms with van der Waals surface area (Å²) in [6.07, 6.45) is 1.29. The maximum absolute atomic E-state index is 5.59. The molecule has 3 rings (SSSR count).